The molecule has 1 amide bonds. The number of rotatable bonds is 7. The monoisotopic (exact) mass is 325 g/mol. The Morgan fingerprint density at radius 3 is 2.38 bits per heavy atom. The Hall–Kier alpha value is -3.08. The van der Waals surface area contributed by atoms with Crippen LogP contribution in [0.2, 0.25) is 0 Å². The van der Waals surface area contributed by atoms with Crippen molar-refractivity contribution in [2.24, 2.45) is 0 Å². The Labute approximate surface area is 140 Å². The second-order valence-corrected chi connectivity index (χ2v) is 5.16. The van der Waals surface area contributed by atoms with Crippen LogP contribution in [-0.4, -0.2) is 23.7 Å². The van der Waals surface area contributed by atoms with E-state index in [0.29, 0.717) is 6.54 Å². The summed E-state index contributed by atoms with van der Waals surface area (Å²) in [5.74, 6) is -0.850. The molecule has 5 heteroatoms. The number of carboxylic acid groups (broad SMARTS) is 1. The Morgan fingerprint density at radius 1 is 1.00 bits per heavy atom. The Morgan fingerprint density at radius 2 is 1.71 bits per heavy atom. The lowest BCUT2D eigenvalue weighted by molar-refractivity contribution is -0.136. The number of aliphatic carboxylic acids is 1. The van der Waals surface area contributed by atoms with E-state index in [1.54, 1.807) is 18.2 Å². The van der Waals surface area contributed by atoms with E-state index < -0.39 is 12.1 Å². The van der Waals surface area contributed by atoms with Crippen LogP contribution in [0.3, 0.4) is 0 Å². The molecule has 0 saturated heterocycles. The average molecular weight is 325 g/mol. The maximum atomic E-state index is 11.6. The normalized spacial score (nSPS) is 10.5. The minimum absolute atomic E-state index is 0.0127. The molecular weight excluding hydrogens is 306 g/mol. The Bertz CT molecular complexity index is 693. The molecule has 0 atom stereocenters. The molecule has 0 bridgehead atoms. The van der Waals surface area contributed by atoms with Gasteiger partial charge < -0.3 is 15.2 Å². The third-order valence-corrected chi connectivity index (χ3v) is 3.22. The van der Waals surface area contributed by atoms with E-state index in [4.69, 9.17) is 9.84 Å². The van der Waals surface area contributed by atoms with Crippen LogP contribution >= 0.6 is 0 Å². The van der Waals surface area contributed by atoms with Crippen molar-refractivity contribution in [3.63, 3.8) is 0 Å². The molecule has 0 aliphatic carbocycles. The molecule has 0 unspecified atom stereocenters. The smallest absolute Gasteiger partial charge is 0.407 e. The van der Waals surface area contributed by atoms with Gasteiger partial charge in [0.25, 0.3) is 0 Å². The summed E-state index contributed by atoms with van der Waals surface area (Å²) in [6.07, 6.45) is 3.19. The molecule has 24 heavy (non-hydrogen) atoms. The molecule has 0 radical (unpaired) electrons. The lowest BCUT2D eigenvalue weighted by atomic mass is 10.1. The number of benzene rings is 2. The first-order valence-electron chi connectivity index (χ1n) is 7.55. The molecule has 0 saturated carbocycles. The van der Waals surface area contributed by atoms with E-state index in [1.165, 1.54) is 0 Å². The van der Waals surface area contributed by atoms with Crippen LogP contribution in [0.15, 0.2) is 60.7 Å². The van der Waals surface area contributed by atoms with Gasteiger partial charge >= 0.3 is 12.1 Å². The van der Waals surface area contributed by atoms with Gasteiger partial charge in [-0.1, -0.05) is 66.7 Å². The number of ether oxygens (including phenoxy) is 1. The minimum atomic E-state index is -0.850. The van der Waals surface area contributed by atoms with Gasteiger partial charge in [0.1, 0.15) is 6.61 Å². The summed E-state index contributed by atoms with van der Waals surface area (Å²) >= 11 is 0. The first-order valence-corrected chi connectivity index (χ1v) is 7.55. The molecule has 2 rings (SSSR count). The van der Waals surface area contributed by atoms with Gasteiger partial charge in [0.05, 0.1) is 6.42 Å². The van der Waals surface area contributed by atoms with Crippen LogP contribution in [0.25, 0.3) is 6.08 Å². The van der Waals surface area contributed by atoms with Gasteiger partial charge in [-0.3, -0.25) is 4.79 Å². The lowest BCUT2D eigenvalue weighted by Crippen LogP contribution is -2.24. The highest BCUT2D eigenvalue weighted by atomic mass is 16.5. The van der Waals surface area contributed by atoms with Crippen molar-refractivity contribution in [3.8, 4) is 0 Å². The van der Waals surface area contributed by atoms with Crippen molar-refractivity contribution < 1.29 is 19.4 Å². The number of carboxylic acids is 1. The summed E-state index contributed by atoms with van der Waals surface area (Å²) in [6.45, 7) is 0.589. The van der Waals surface area contributed by atoms with Crippen LogP contribution in [-0.2, 0) is 22.6 Å². The summed E-state index contributed by atoms with van der Waals surface area (Å²) < 4.78 is 5.09. The standard InChI is InChI=1S/C19H19NO4/c21-18(22)13-16-10-8-15(9-11-16)7-4-12-20-19(23)24-14-17-5-2-1-3-6-17/h1-11H,12-14H2,(H,20,23)(H,21,22). The molecule has 0 heterocycles. The number of carbonyl (C=O) groups excluding carboxylic acids is 1. The molecular formula is C19H19NO4. The quantitative estimate of drug-likeness (QED) is 0.819. The van der Waals surface area contributed by atoms with Gasteiger partial charge in [-0.05, 0) is 16.7 Å². The van der Waals surface area contributed by atoms with Crippen molar-refractivity contribution in [2.45, 2.75) is 13.0 Å². The molecule has 0 fully saturated rings. The SMILES string of the molecule is O=C(O)Cc1ccc(C=CCNC(=O)OCc2ccccc2)cc1. The van der Waals surface area contributed by atoms with E-state index in [-0.39, 0.29) is 13.0 Å². The fourth-order valence-electron chi connectivity index (χ4n) is 2.03. The summed E-state index contributed by atoms with van der Waals surface area (Å²) in [6, 6.07) is 16.7. The molecule has 2 N–H and O–H groups in total. The fourth-order valence-corrected chi connectivity index (χ4v) is 2.03. The van der Waals surface area contributed by atoms with E-state index in [1.807, 2.05) is 48.5 Å². The van der Waals surface area contributed by atoms with Crippen LogP contribution in [0.4, 0.5) is 4.79 Å². The van der Waals surface area contributed by atoms with Crippen LogP contribution in [0, 0.1) is 0 Å². The zero-order valence-corrected chi connectivity index (χ0v) is 13.1. The van der Waals surface area contributed by atoms with E-state index in [9.17, 15) is 9.59 Å². The first-order chi connectivity index (χ1) is 11.6. The number of hydrogen-bond donors (Lipinski definition) is 2. The molecule has 2 aromatic rings. The highest BCUT2D eigenvalue weighted by Gasteiger charge is 2.01. The van der Waals surface area contributed by atoms with Crippen molar-refractivity contribution in [2.75, 3.05) is 6.54 Å². The van der Waals surface area contributed by atoms with Crippen LogP contribution < -0.4 is 5.32 Å². The maximum absolute atomic E-state index is 11.6. The molecule has 124 valence electrons. The fraction of sp³-hybridized carbons (Fsp3) is 0.158. The highest BCUT2D eigenvalue weighted by molar-refractivity contribution is 5.70. The first kappa shape index (κ1) is 17.3. The average Bonchev–Trinajstić information content (AvgIpc) is 2.59. The predicted molar refractivity (Wildman–Crippen MR) is 91.4 cm³/mol. The third-order valence-electron chi connectivity index (χ3n) is 3.22. The molecule has 0 aliphatic heterocycles. The number of hydrogen-bond acceptors (Lipinski definition) is 3. The highest BCUT2D eigenvalue weighted by Crippen LogP contribution is 2.07. The Kier molecular flexibility index (Phi) is 6.58. The van der Waals surface area contributed by atoms with Crippen molar-refractivity contribution in [1.29, 1.82) is 0 Å². The van der Waals surface area contributed by atoms with Gasteiger partial charge in [0.15, 0.2) is 0 Å². The Balaban J connectivity index is 1.70. The van der Waals surface area contributed by atoms with Crippen molar-refractivity contribution in [3.05, 3.63) is 77.4 Å². The van der Waals surface area contributed by atoms with E-state index in [0.717, 1.165) is 16.7 Å². The zero-order valence-electron chi connectivity index (χ0n) is 13.1. The largest absolute Gasteiger partial charge is 0.481 e. The van der Waals surface area contributed by atoms with Crippen molar-refractivity contribution in [1.82, 2.24) is 5.32 Å². The van der Waals surface area contributed by atoms with E-state index in [2.05, 4.69) is 5.32 Å². The van der Waals surface area contributed by atoms with Gasteiger partial charge in [-0.25, -0.2) is 4.79 Å². The molecule has 0 aliphatic rings. The van der Waals surface area contributed by atoms with Crippen molar-refractivity contribution >= 4 is 18.1 Å². The number of nitrogens with one attached hydrogen (secondary N) is 1. The topological polar surface area (TPSA) is 75.6 Å². The van der Waals surface area contributed by atoms with E-state index >= 15 is 0 Å². The van der Waals surface area contributed by atoms with Crippen LogP contribution in [0.1, 0.15) is 16.7 Å². The third kappa shape index (κ3) is 6.36. The molecule has 5 nitrogen and oxygen atoms in total. The van der Waals surface area contributed by atoms with Gasteiger partial charge in [-0.2, -0.15) is 0 Å². The summed E-state index contributed by atoms with van der Waals surface area (Å²) in [5, 5.41) is 11.3. The number of alkyl carbamates (subject to hydrolysis) is 1. The zero-order chi connectivity index (χ0) is 17.2. The lowest BCUT2D eigenvalue weighted by Gasteiger charge is -2.05. The summed E-state index contributed by atoms with van der Waals surface area (Å²) in [7, 11) is 0. The minimum Gasteiger partial charge on any atom is -0.481 e. The molecule has 2 aromatic carbocycles. The molecule has 0 spiro atoms. The number of carbonyl (C=O) groups is 2. The summed E-state index contributed by atoms with van der Waals surface area (Å²) in [4.78, 5) is 22.2. The van der Waals surface area contributed by atoms with Gasteiger partial charge in [0, 0.05) is 6.54 Å². The maximum Gasteiger partial charge on any atom is 0.407 e. The molecule has 0 aromatic heterocycles. The second-order valence-electron chi connectivity index (χ2n) is 5.16. The van der Waals surface area contributed by atoms with Gasteiger partial charge in [0.2, 0.25) is 0 Å². The number of amides is 1. The second kappa shape index (κ2) is 9.15. The van der Waals surface area contributed by atoms with Gasteiger partial charge in [-0.15, -0.1) is 0 Å². The van der Waals surface area contributed by atoms with Crippen LogP contribution in [0.5, 0.6) is 0 Å². The predicted octanol–water partition coefficient (Wildman–Crippen LogP) is 3.25. The summed E-state index contributed by atoms with van der Waals surface area (Å²) in [5.41, 5.74) is 2.62.